The number of hydrogen-bond donors (Lipinski definition) is 0. The summed E-state index contributed by atoms with van der Waals surface area (Å²) in [6.07, 6.45) is 0. The molecule has 0 aliphatic carbocycles. The molecule has 2 rings (SSSR count). The molecule has 0 saturated heterocycles. The molecule has 0 N–H and O–H groups in total. The molecule has 0 fully saturated rings. The number of aryl methyl sites for hydroxylation is 1. The monoisotopic (exact) mass is 276 g/mol. The lowest BCUT2D eigenvalue weighted by Gasteiger charge is -2.10. The first-order valence-electron chi connectivity index (χ1n) is 5.29. The van der Waals surface area contributed by atoms with Crippen LogP contribution in [0.5, 0.6) is 17.4 Å². The number of benzene rings is 1. The van der Waals surface area contributed by atoms with Crippen LogP contribution in [0.1, 0.15) is 0 Å². The van der Waals surface area contributed by atoms with Gasteiger partial charge in [-0.3, -0.25) is 0 Å². The fourth-order valence-electron chi connectivity index (χ4n) is 1.80. The normalized spacial score (nSPS) is 10.7. The van der Waals surface area contributed by atoms with Gasteiger partial charge in [0.15, 0.2) is 11.5 Å². The molecule has 0 saturated carbocycles. The van der Waals surface area contributed by atoms with Crippen LogP contribution in [0.25, 0.3) is 10.9 Å². The minimum absolute atomic E-state index is 0.00985. The first-order chi connectivity index (χ1) is 9.22. The van der Waals surface area contributed by atoms with Crippen molar-refractivity contribution in [3.05, 3.63) is 12.1 Å². The van der Waals surface area contributed by atoms with Crippen molar-refractivity contribution in [2.45, 2.75) is 0 Å². The van der Waals surface area contributed by atoms with Gasteiger partial charge in [0, 0.05) is 7.05 Å². The maximum absolute atomic E-state index is 12.4. The summed E-state index contributed by atoms with van der Waals surface area (Å²) in [4.78, 5) is 0. The van der Waals surface area contributed by atoms with Crippen LogP contribution >= 0.6 is 0 Å². The third-order valence-electron chi connectivity index (χ3n) is 2.47. The molecule has 19 heavy (non-hydrogen) atoms. The van der Waals surface area contributed by atoms with E-state index in [0.29, 0.717) is 5.52 Å². The predicted octanol–water partition coefficient (Wildman–Crippen LogP) is 2.49. The summed E-state index contributed by atoms with van der Waals surface area (Å²) < 4.78 is 52.6. The Morgan fingerprint density at radius 2 is 1.74 bits per heavy atom. The maximum Gasteiger partial charge on any atom is 0.230 e. The number of halogens is 3. The molecule has 104 valence electrons. The molecule has 0 aliphatic rings. The standard InChI is InChI=1S/C11H11F3N2O3/c1-16-11(19-6-14)9-7(15-16)2-3-8(17-4-12)10(9)18-5-13/h2-3H,4-6H2,1H3. The van der Waals surface area contributed by atoms with Gasteiger partial charge in [-0.25, -0.2) is 17.9 Å². The van der Waals surface area contributed by atoms with Crippen LogP contribution in [0.15, 0.2) is 12.1 Å². The highest BCUT2D eigenvalue weighted by Crippen LogP contribution is 2.40. The fourth-order valence-corrected chi connectivity index (χ4v) is 1.80. The molecule has 0 radical (unpaired) electrons. The van der Waals surface area contributed by atoms with Gasteiger partial charge in [0.1, 0.15) is 10.9 Å². The van der Waals surface area contributed by atoms with E-state index in [2.05, 4.69) is 5.10 Å². The largest absolute Gasteiger partial charge is 0.459 e. The van der Waals surface area contributed by atoms with Crippen LogP contribution in [-0.2, 0) is 7.05 Å². The smallest absolute Gasteiger partial charge is 0.230 e. The Balaban J connectivity index is 2.66. The molecule has 0 aliphatic heterocycles. The molecule has 0 atom stereocenters. The molecular weight excluding hydrogens is 265 g/mol. The van der Waals surface area contributed by atoms with Crippen molar-refractivity contribution >= 4 is 10.9 Å². The van der Waals surface area contributed by atoms with E-state index in [9.17, 15) is 13.2 Å². The zero-order chi connectivity index (χ0) is 13.8. The molecule has 0 unspecified atom stereocenters. The van der Waals surface area contributed by atoms with Gasteiger partial charge in [-0.2, -0.15) is 5.10 Å². The lowest BCUT2D eigenvalue weighted by molar-refractivity contribution is 0.158. The van der Waals surface area contributed by atoms with Crippen LogP contribution in [-0.4, -0.2) is 30.4 Å². The van der Waals surface area contributed by atoms with Crippen LogP contribution in [0.3, 0.4) is 0 Å². The zero-order valence-corrected chi connectivity index (χ0v) is 10.0. The Morgan fingerprint density at radius 1 is 1.05 bits per heavy atom. The van der Waals surface area contributed by atoms with Gasteiger partial charge in [0.2, 0.25) is 26.5 Å². The van der Waals surface area contributed by atoms with E-state index in [1.165, 1.54) is 23.9 Å². The van der Waals surface area contributed by atoms with E-state index in [4.69, 9.17) is 14.2 Å². The van der Waals surface area contributed by atoms with Crippen LogP contribution in [0.4, 0.5) is 13.2 Å². The molecule has 8 heteroatoms. The quantitative estimate of drug-likeness (QED) is 0.813. The second kappa shape index (κ2) is 5.68. The van der Waals surface area contributed by atoms with Gasteiger partial charge in [-0.05, 0) is 12.1 Å². The summed E-state index contributed by atoms with van der Waals surface area (Å²) in [5.74, 6) is -0.0381. The van der Waals surface area contributed by atoms with Crippen molar-refractivity contribution in [1.29, 1.82) is 0 Å². The lowest BCUT2D eigenvalue weighted by Crippen LogP contribution is -2.00. The Bertz CT molecular complexity index is 574. The number of hydrogen-bond acceptors (Lipinski definition) is 4. The molecule has 0 spiro atoms. The highest BCUT2D eigenvalue weighted by atomic mass is 19.1. The van der Waals surface area contributed by atoms with Gasteiger partial charge in [-0.15, -0.1) is 0 Å². The molecule has 1 heterocycles. The van der Waals surface area contributed by atoms with E-state index in [1.54, 1.807) is 0 Å². The van der Waals surface area contributed by atoms with E-state index in [1.807, 2.05) is 0 Å². The Morgan fingerprint density at radius 3 is 2.37 bits per heavy atom. The highest BCUT2D eigenvalue weighted by Gasteiger charge is 2.20. The zero-order valence-electron chi connectivity index (χ0n) is 10.0. The van der Waals surface area contributed by atoms with Crippen LogP contribution in [0, 0.1) is 0 Å². The summed E-state index contributed by atoms with van der Waals surface area (Å²) >= 11 is 0. The molecule has 2 aromatic rings. The molecular formula is C11H11F3N2O3. The van der Waals surface area contributed by atoms with Gasteiger partial charge >= 0.3 is 0 Å². The minimum Gasteiger partial charge on any atom is -0.459 e. The second-order valence-corrected chi connectivity index (χ2v) is 3.48. The Kier molecular flexibility index (Phi) is 3.98. The van der Waals surface area contributed by atoms with Crippen molar-refractivity contribution in [1.82, 2.24) is 9.78 Å². The summed E-state index contributed by atoms with van der Waals surface area (Å²) in [6.45, 7) is -3.34. The summed E-state index contributed by atoms with van der Waals surface area (Å²) in [5, 5.41) is 4.27. The molecule has 0 bridgehead atoms. The van der Waals surface area contributed by atoms with E-state index >= 15 is 0 Å². The lowest BCUT2D eigenvalue weighted by atomic mass is 10.2. The first-order valence-corrected chi connectivity index (χ1v) is 5.29. The maximum atomic E-state index is 12.4. The van der Waals surface area contributed by atoms with Gasteiger partial charge in [-0.1, -0.05) is 0 Å². The Hall–Kier alpha value is -2.12. The van der Waals surface area contributed by atoms with E-state index in [-0.39, 0.29) is 22.8 Å². The summed E-state index contributed by atoms with van der Waals surface area (Å²) in [5.41, 5.74) is 0.389. The third kappa shape index (κ3) is 2.38. The number of alkyl halides is 3. The van der Waals surface area contributed by atoms with Gasteiger partial charge in [0.05, 0.1) is 0 Å². The summed E-state index contributed by atoms with van der Waals surface area (Å²) in [7, 11) is 1.53. The Labute approximate surface area is 106 Å². The second-order valence-electron chi connectivity index (χ2n) is 3.48. The predicted molar refractivity (Wildman–Crippen MR) is 60.5 cm³/mol. The van der Waals surface area contributed by atoms with Gasteiger partial charge < -0.3 is 14.2 Å². The van der Waals surface area contributed by atoms with Crippen molar-refractivity contribution in [2.24, 2.45) is 7.05 Å². The van der Waals surface area contributed by atoms with Crippen LogP contribution < -0.4 is 14.2 Å². The number of nitrogens with zero attached hydrogens (tertiary/aromatic N) is 2. The number of aromatic nitrogens is 2. The summed E-state index contributed by atoms with van der Waals surface area (Å²) in [6, 6.07) is 2.90. The van der Waals surface area contributed by atoms with Crippen molar-refractivity contribution < 1.29 is 27.4 Å². The van der Waals surface area contributed by atoms with Crippen LogP contribution in [0.2, 0.25) is 0 Å². The number of fused-ring (bicyclic) bond motifs is 1. The number of rotatable bonds is 6. The van der Waals surface area contributed by atoms with Crippen molar-refractivity contribution in [3.63, 3.8) is 0 Å². The molecule has 5 nitrogen and oxygen atoms in total. The average molecular weight is 276 g/mol. The van der Waals surface area contributed by atoms with Gasteiger partial charge in [0.25, 0.3) is 0 Å². The third-order valence-corrected chi connectivity index (χ3v) is 2.47. The van der Waals surface area contributed by atoms with E-state index < -0.39 is 20.6 Å². The molecule has 0 amide bonds. The number of ether oxygens (including phenoxy) is 3. The minimum atomic E-state index is -1.15. The SMILES string of the molecule is Cn1nc2ccc(OCF)c(OCF)c2c1OCF. The fraction of sp³-hybridized carbons (Fsp3) is 0.364. The van der Waals surface area contributed by atoms with Crippen molar-refractivity contribution in [3.8, 4) is 17.4 Å². The topological polar surface area (TPSA) is 45.5 Å². The van der Waals surface area contributed by atoms with Crippen molar-refractivity contribution in [2.75, 3.05) is 20.6 Å². The van der Waals surface area contributed by atoms with E-state index in [0.717, 1.165) is 0 Å². The molecule has 1 aromatic carbocycles. The highest BCUT2D eigenvalue weighted by molar-refractivity contribution is 5.92. The average Bonchev–Trinajstić information content (AvgIpc) is 2.70. The molecule has 1 aromatic heterocycles. The first kappa shape index (κ1) is 13.3.